The van der Waals surface area contributed by atoms with Gasteiger partial charge in [0.25, 0.3) is 11.8 Å². The topological polar surface area (TPSA) is 129 Å². The number of aromatic hydroxyl groups is 2. The number of H-pyrrole nitrogens is 1. The molecule has 0 saturated carbocycles. The Balaban J connectivity index is 1.44. The Hall–Kier alpha value is -4.05. The van der Waals surface area contributed by atoms with Gasteiger partial charge in [0, 0.05) is 48.0 Å². The second kappa shape index (κ2) is 8.62. The third-order valence-electron chi connectivity index (χ3n) is 6.55. The summed E-state index contributed by atoms with van der Waals surface area (Å²) in [6.07, 6.45) is 2.86. The summed E-state index contributed by atoms with van der Waals surface area (Å²) in [6, 6.07) is 5.25. The molecule has 1 fully saturated rings. The number of fused-ring (bicyclic) bond motifs is 1. The number of nitrogens with zero attached hydrogens (tertiary/aromatic N) is 1. The number of hydrogen-bond acceptors (Lipinski definition) is 5. The maximum absolute atomic E-state index is 13.8. The number of hydrogen-bond donors (Lipinski definition) is 5. The summed E-state index contributed by atoms with van der Waals surface area (Å²) in [5.74, 6) is -1.67. The number of benzene rings is 1. The minimum absolute atomic E-state index is 0.0958. The van der Waals surface area contributed by atoms with Crippen LogP contribution in [-0.4, -0.2) is 44.8 Å². The van der Waals surface area contributed by atoms with E-state index >= 15 is 0 Å². The summed E-state index contributed by atoms with van der Waals surface area (Å²) in [5.41, 5.74) is 3.35. The third kappa shape index (κ3) is 3.95. The van der Waals surface area contributed by atoms with E-state index in [0.717, 1.165) is 0 Å². The Morgan fingerprint density at radius 3 is 2.71 bits per heavy atom. The molecule has 10 heteroatoms. The number of anilines is 2. The molecule has 1 aromatic carbocycles. The van der Waals surface area contributed by atoms with Gasteiger partial charge in [0.15, 0.2) is 5.88 Å². The van der Waals surface area contributed by atoms with Gasteiger partial charge >= 0.3 is 0 Å². The number of carbonyl (C=O) groups excluding carboxylic acids is 2. The zero-order valence-electron chi connectivity index (χ0n) is 19.2. The zero-order chi connectivity index (χ0) is 24.9. The first kappa shape index (κ1) is 22.7. The van der Waals surface area contributed by atoms with Crippen LogP contribution in [0.2, 0.25) is 0 Å². The van der Waals surface area contributed by atoms with Crippen molar-refractivity contribution in [2.75, 3.05) is 23.8 Å². The van der Waals surface area contributed by atoms with Gasteiger partial charge < -0.3 is 30.6 Å². The number of rotatable bonds is 4. The quantitative estimate of drug-likeness (QED) is 0.360. The monoisotopic (exact) mass is 480 g/mol. The van der Waals surface area contributed by atoms with Crippen LogP contribution in [0.4, 0.5) is 15.8 Å². The van der Waals surface area contributed by atoms with Crippen LogP contribution in [0.15, 0.2) is 24.3 Å². The van der Waals surface area contributed by atoms with Crippen molar-refractivity contribution in [3.8, 4) is 11.8 Å². The molecule has 0 bridgehead atoms. The average molecular weight is 480 g/mol. The summed E-state index contributed by atoms with van der Waals surface area (Å²) >= 11 is 0. The fourth-order valence-electron chi connectivity index (χ4n) is 4.79. The molecule has 0 unspecified atom stereocenters. The molecule has 182 valence electrons. The smallest absolute Gasteiger partial charge is 0.257 e. The predicted octanol–water partition coefficient (Wildman–Crippen LogP) is 4.08. The number of ether oxygens (including phenoxy) is 1. The molecule has 2 aliphatic rings. The van der Waals surface area contributed by atoms with Crippen molar-refractivity contribution in [1.82, 2.24) is 9.55 Å². The minimum Gasteiger partial charge on any atom is -0.494 e. The predicted molar refractivity (Wildman–Crippen MR) is 128 cm³/mol. The highest BCUT2D eigenvalue weighted by Gasteiger charge is 2.28. The van der Waals surface area contributed by atoms with Crippen molar-refractivity contribution in [1.29, 1.82) is 0 Å². The van der Waals surface area contributed by atoms with Gasteiger partial charge in [0.05, 0.1) is 11.1 Å². The Morgan fingerprint density at radius 1 is 1.23 bits per heavy atom. The molecule has 1 saturated heterocycles. The van der Waals surface area contributed by atoms with Gasteiger partial charge in [0.2, 0.25) is 5.88 Å². The molecule has 2 amide bonds. The van der Waals surface area contributed by atoms with E-state index in [4.69, 9.17) is 4.74 Å². The SMILES string of the molecule is Cc1[nH]c(/C=C2\C(=O)Nc3ccc(F)cc32)c(C)c1C(=O)Nc1cc(O)n(C2CCOCC2)c1O. The Bertz CT molecular complexity index is 1380. The molecule has 9 nitrogen and oxygen atoms in total. The summed E-state index contributed by atoms with van der Waals surface area (Å²) in [4.78, 5) is 28.7. The number of aromatic amines is 1. The van der Waals surface area contributed by atoms with Crippen LogP contribution in [0.3, 0.4) is 0 Å². The Kier molecular flexibility index (Phi) is 5.60. The van der Waals surface area contributed by atoms with Crippen LogP contribution in [0.25, 0.3) is 11.6 Å². The fourth-order valence-corrected chi connectivity index (χ4v) is 4.79. The highest BCUT2D eigenvalue weighted by Crippen LogP contribution is 2.39. The lowest BCUT2D eigenvalue weighted by atomic mass is 10.0. The van der Waals surface area contributed by atoms with Crippen molar-refractivity contribution >= 4 is 34.8 Å². The second-order valence-corrected chi connectivity index (χ2v) is 8.77. The zero-order valence-corrected chi connectivity index (χ0v) is 19.2. The molecule has 0 spiro atoms. The van der Waals surface area contributed by atoms with Gasteiger partial charge in [-0.05, 0) is 56.5 Å². The average Bonchev–Trinajstić information content (AvgIpc) is 3.39. The first-order chi connectivity index (χ1) is 16.7. The van der Waals surface area contributed by atoms with Crippen LogP contribution in [0.1, 0.15) is 51.8 Å². The van der Waals surface area contributed by atoms with Crippen molar-refractivity contribution in [3.63, 3.8) is 0 Å². The van der Waals surface area contributed by atoms with Gasteiger partial charge in [-0.3, -0.25) is 14.2 Å². The first-order valence-corrected chi connectivity index (χ1v) is 11.3. The van der Waals surface area contributed by atoms with E-state index in [1.807, 2.05) is 0 Å². The molecule has 0 aliphatic carbocycles. The van der Waals surface area contributed by atoms with E-state index in [1.54, 1.807) is 19.9 Å². The van der Waals surface area contributed by atoms with Gasteiger partial charge in [0.1, 0.15) is 11.5 Å². The molecular weight excluding hydrogens is 455 g/mol. The summed E-state index contributed by atoms with van der Waals surface area (Å²) in [6.45, 7) is 4.50. The molecule has 0 atom stereocenters. The molecular formula is C25H25FN4O5. The number of nitrogens with one attached hydrogen (secondary N) is 3. The van der Waals surface area contributed by atoms with Crippen LogP contribution in [-0.2, 0) is 9.53 Å². The molecule has 35 heavy (non-hydrogen) atoms. The number of amides is 2. The maximum atomic E-state index is 13.8. The highest BCUT2D eigenvalue weighted by molar-refractivity contribution is 6.35. The van der Waals surface area contributed by atoms with Crippen LogP contribution in [0, 0.1) is 19.7 Å². The molecule has 5 rings (SSSR count). The van der Waals surface area contributed by atoms with Gasteiger partial charge in [-0.2, -0.15) is 0 Å². The lowest BCUT2D eigenvalue weighted by Gasteiger charge is -2.24. The van der Waals surface area contributed by atoms with Crippen LogP contribution in [0.5, 0.6) is 11.8 Å². The maximum Gasteiger partial charge on any atom is 0.257 e. The largest absolute Gasteiger partial charge is 0.494 e. The van der Waals surface area contributed by atoms with E-state index in [9.17, 15) is 24.2 Å². The molecule has 0 radical (unpaired) electrons. The van der Waals surface area contributed by atoms with Crippen molar-refractivity contribution < 1.29 is 28.9 Å². The standard InChI is InChI=1S/C25H25FN4O5/c1-12-19(10-17-16-9-14(26)3-4-18(16)28-23(17)32)27-13(2)22(12)24(33)29-20-11-21(31)30(25(20)34)15-5-7-35-8-6-15/h3-4,9-11,15,27,31,34H,5-8H2,1-2H3,(H,28,32)(H,29,33)/b17-10-. The van der Waals surface area contributed by atoms with Crippen LogP contribution >= 0.6 is 0 Å². The summed E-state index contributed by atoms with van der Waals surface area (Å²) < 4.78 is 20.5. The Morgan fingerprint density at radius 2 is 1.97 bits per heavy atom. The first-order valence-electron chi connectivity index (χ1n) is 11.3. The number of halogens is 1. The van der Waals surface area contributed by atoms with E-state index in [1.165, 1.54) is 28.8 Å². The lowest BCUT2D eigenvalue weighted by Crippen LogP contribution is -2.19. The van der Waals surface area contributed by atoms with Gasteiger partial charge in [-0.1, -0.05) is 0 Å². The summed E-state index contributed by atoms with van der Waals surface area (Å²) in [7, 11) is 0. The second-order valence-electron chi connectivity index (χ2n) is 8.77. The van der Waals surface area contributed by atoms with Crippen molar-refractivity contribution in [2.24, 2.45) is 0 Å². The molecule has 4 heterocycles. The minimum atomic E-state index is -0.484. The van der Waals surface area contributed by atoms with Gasteiger partial charge in [-0.15, -0.1) is 0 Å². The third-order valence-corrected chi connectivity index (χ3v) is 6.55. The van der Waals surface area contributed by atoms with Crippen molar-refractivity contribution in [2.45, 2.75) is 32.7 Å². The van der Waals surface area contributed by atoms with E-state index < -0.39 is 11.7 Å². The number of aryl methyl sites for hydroxylation is 1. The number of carbonyl (C=O) groups is 2. The van der Waals surface area contributed by atoms with E-state index in [-0.39, 0.29) is 35.0 Å². The van der Waals surface area contributed by atoms with E-state index in [0.29, 0.717) is 59.8 Å². The summed E-state index contributed by atoms with van der Waals surface area (Å²) in [5, 5.41) is 26.4. The molecule has 3 aromatic rings. The Labute approximate surface area is 200 Å². The fraction of sp³-hybridized carbons (Fsp3) is 0.280. The van der Waals surface area contributed by atoms with Crippen molar-refractivity contribution in [3.05, 3.63) is 58.2 Å². The molecule has 5 N–H and O–H groups in total. The van der Waals surface area contributed by atoms with E-state index in [2.05, 4.69) is 15.6 Å². The lowest BCUT2D eigenvalue weighted by molar-refractivity contribution is -0.110. The number of aromatic nitrogens is 2. The normalized spacial score (nSPS) is 17.0. The van der Waals surface area contributed by atoms with Gasteiger partial charge in [-0.25, -0.2) is 4.39 Å². The van der Waals surface area contributed by atoms with Crippen LogP contribution < -0.4 is 10.6 Å². The highest BCUT2D eigenvalue weighted by atomic mass is 19.1. The molecule has 2 aromatic heterocycles. The molecule has 2 aliphatic heterocycles.